The van der Waals surface area contributed by atoms with E-state index >= 15 is 0 Å². The number of nitrogens with one attached hydrogen (secondary N) is 1. The Morgan fingerprint density at radius 3 is 2.79 bits per heavy atom. The van der Waals surface area contributed by atoms with Crippen LogP contribution in [0.4, 0.5) is 0 Å². The number of carbonyl (C=O) groups is 1. The van der Waals surface area contributed by atoms with Gasteiger partial charge >= 0.3 is 5.97 Å². The molecule has 0 aromatic carbocycles. The Morgan fingerprint density at radius 2 is 2.21 bits per heavy atom. The van der Waals surface area contributed by atoms with Crippen molar-refractivity contribution in [3.05, 3.63) is 11.6 Å². The summed E-state index contributed by atoms with van der Waals surface area (Å²) in [5.74, 6) is -0.867. The third kappa shape index (κ3) is 3.87. The predicted octanol–water partition coefficient (Wildman–Crippen LogP) is -0.146. The van der Waals surface area contributed by atoms with Crippen molar-refractivity contribution in [2.75, 3.05) is 32.8 Å². The molecular formula is C9H16N2O3. The summed E-state index contributed by atoms with van der Waals surface area (Å²) in [6.45, 7) is 5.30. The van der Waals surface area contributed by atoms with E-state index in [9.17, 15) is 4.79 Å². The fraction of sp³-hybridized carbons (Fsp3) is 0.667. The Bertz CT molecular complexity index is 222. The van der Waals surface area contributed by atoms with Gasteiger partial charge in [0.2, 0.25) is 0 Å². The van der Waals surface area contributed by atoms with E-state index < -0.39 is 5.97 Å². The van der Waals surface area contributed by atoms with Crippen LogP contribution < -0.4 is 5.43 Å². The highest BCUT2D eigenvalue weighted by molar-refractivity contribution is 5.85. The molecule has 0 saturated carbocycles. The van der Waals surface area contributed by atoms with Gasteiger partial charge in [0.15, 0.2) is 0 Å². The van der Waals surface area contributed by atoms with E-state index in [0.29, 0.717) is 12.1 Å². The molecule has 0 spiro atoms. The van der Waals surface area contributed by atoms with Gasteiger partial charge in [-0.1, -0.05) is 6.08 Å². The van der Waals surface area contributed by atoms with E-state index in [4.69, 9.17) is 9.84 Å². The van der Waals surface area contributed by atoms with Crippen molar-refractivity contribution in [2.45, 2.75) is 6.92 Å². The van der Waals surface area contributed by atoms with Crippen LogP contribution in [-0.2, 0) is 9.53 Å². The SMILES string of the molecule is CC(=CCNN1CCOCC1)C(=O)O. The molecule has 80 valence electrons. The Morgan fingerprint density at radius 1 is 1.57 bits per heavy atom. The van der Waals surface area contributed by atoms with Crippen molar-refractivity contribution in [1.29, 1.82) is 0 Å². The molecule has 0 atom stereocenters. The maximum Gasteiger partial charge on any atom is 0.330 e. The molecule has 1 rings (SSSR count). The molecule has 0 unspecified atom stereocenters. The molecule has 1 aliphatic heterocycles. The molecule has 0 aliphatic carbocycles. The summed E-state index contributed by atoms with van der Waals surface area (Å²) in [7, 11) is 0. The smallest absolute Gasteiger partial charge is 0.330 e. The van der Waals surface area contributed by atoms with Crippen LogP contribution in [0.25, 0.3) is 0 Å². The molecule has 1 heterocycles. The van der Waals surface area contributed by atoms with E-state index in [-0.39, 0.29) is 0 Å². The molecule has 5 nitrogen and oxygen atoms in total. The van der Waals surface area contributed by atoms with Crippen LogP contribution >= 0.6 is 0 Å². The maximum absolute atomic E-state index is 10.5. The van der Waals surface area contributed by atoms with Crippen molar-refractivity contribution in [3.63, 3.8) is 0 Å². The largest absolute Gasteiger partial charge is 0.478 e. The average molecular weight is 200 g/mol. The lowest BCUT2D eigenvalue weighted by molar-refractivity contribution is -0.132. The number of hydrazine groups is 1. The third-order valence-electron chi connectivity index (χ3n) is 2.07. The van der Waals surface area contributed by atoms with Crippen molar-refractivity contribution >= 4 is 5.97 Å². The highest BCUT2D eigenvalue weighted by Crippen LogP contribution is 1.93. The second-order valence-electron chi connectivity index (χ2n) is 3.15. The van der Waals surface area contributed by atoms with Crippen LogP contribution in [0.1, 0.15) is 6.92 Å². The van der Waals surface area contributed by atoms with E-state index in [2.05, 4.69) is 5.43 Å². The summed E-state index contributed by atoms with van der Waals surface area (Å²) in [6.07, 6.45) is 1.66. The normalized spacial score (nSPS) is 19.6. The Balaban J connectivity index is 2.19. The molecule has 14 heavy (non-hydrogen) atoms. The highest BCUT2D eigenvalue weighted by atomic mass is 16.5. The van der Waals surface area contributed by atoms with Gasteiger partial charge in [-0.25, -0.2) is 9.80 Å². The number of ether oxygens (including phenoxy) is 1. The minimum absolute atomic E-state index is 0.366. The molecule has 1 aliphatic rings. The minimum atomic E-state index is -0.867. The summed E-state index contributed by atoms with van der Waals surface area (Å²) in [5, 5.41) is 10.6. The Kier molecular flexibility index (Phi) is 4.58. The van der Waals surface area contributed by atoms with Crippen LogP contribution in [0.3, 0.4) is 0 Å². The molecule has 5 heteroatoms. The molecule has 1 saturated heterocycles. The molecule has 0 amide bonds. The number of carboxylic acids is 1. The zero-order chi connectivity index (χ0) is 10.4. The van der Waals surface area contributed by atoms with Gasteiger partial charge in [-0.2, -0.15) is 0 Å². The van der Waals surface area contributed by atoms with Crippen LogP contribution in [0.2, 0.25) is 0 Å². The lowest BCUT2D eigenvalue weighted by atomic mass is 10.3. The van der Waals surface area contributed by atoms with Crippen LogP contribution in [0.5, 0.6) is 0 Å². The summed E-state index contributed by atoms with van der Waals surface area (Å²) in [4.78, 5) is 10.5. The molecule has 0 bridgehead atoms. The van der Waals surface area contributed by atoms with E-state index in [1.165, 1.54) is 0 Å². The number of rotatable bonds is 4. The van der Waals surface area contributed by atoms with Crippen molar-refractivity contribution < 1.29 is 14.6 Å². The Labute approximate surface area is 83.3 Å². The lowest BCUT2D eigenvalue weighted by Gasteiger charge is -2.26. The first-order valence-electron chi connectivity index (χ1n) is 4.66. The van der Waals surface area contributed by atoms with Gasteiger partial charge < -0.3 is 9.84 Å². The van der Waals surface area contributed by atoms with Gasteiger partial charge in [0.25, 0.3) is 0 Å². The topological polar surface area (TPSA) is 61.8 Å². The number of aliphatic carboxylic acids is 1. The maximum atomic E-state index is 10.5. The summed E-state index contributed by atoms with van der Waals surface area (Å²) in [6, 6.07) is 0. The molecule has 1 fully saturated rings. The zero-order valence-corrected chi connectivity index (χ0v) is 8.32. The van der Waals surface area contributed by atoms with Crippen LogP contribution in [0, 0.1) is 0 Å². The van der Waals surface area contributed by atoms with Crippen molar-refractivity contribution in [1.82, 2.24) is 10.4 Å². The van der Waals surface area contributed by atoms with Gasteiger partial charge in [-0.3, -0.25) is 5.43 Å². The second kappa shape index (κ2) is 5.74. The van der Waals surface area contributed by atoms with Gasteiger partial charge in [0.1, 0.15) is 0 Å². The standard InChI is InChI=1S/C9H16N2O3/c1-8(9(12)13)2-3-10-11-4-6-14-7-5-11/h2,10H,3-7H2,1H3,(H,12,13). The number of hydrogen-bond acceptors (Lipinski definition) is 4. The number of nitrogens with zero attached hydrogens (tertiary/aromatic N) is 1. The molecule has 0 radical (unpaired) electrons. The van der Waals surface area contributed by atoms with Gasteiger partial charge in [0.05, 0.1) is 13.2 Å². The van der Waals surface area contributed by atoms with E-state index in [1.807, 2.05) is 5.01 Å². The van der Waals surface area contributed by atoms with Crippen molar-refractivity contribution in [2.24, 2.45) is 0 Å². The molecule has 2 N–H and O–H groups in total. The first-order valence-corrected chi connectivity index (χ1v) is 4.66. The first kappa shape index (κ1) is 11.2. The summed E-state index contributed by atoms with van der Waals surface area (Å²) < 4.78 is 5.17. The van der Waals surface area contributed by atoms with Crippen molar-refractivity contribution in [3.8, 4) is 0 Å². The Hall–Kier alpha value is -0.910. The fourth-order valence-corrected chi connectivity index (χ4v) is 1.14. The lowest BCUT2D eigenvalue weighted by Crippen LogP contribution is -2.45. The second-order valence-corrected chi connectivity index (χ2v) is 3.15. The predicted molar refractivity (Wildman–Crippen MR) is 51.8 cm³/mol. The summed E-state index contributed by atoms with van der Waals surface area (Å²) in [5.41, 5.74) is 3.49. The highest BCUT2D eigenvalue weighted by Gasteiger charge is 2.08. The van der Waals surface area contributed by atoms with Crippen LogP contribution in [0.15, 0.2) is 11.6 Å². The van der Waals surface area contributed by atoms with Gasteiger partial charge in [-0.15, -0.1) is 0 Å². The third-order valence-corrected chi connectivity index (χ3v) is 2.07. The van der Waals surface area contributed by atoms with E-state index in [0.717, 1.165) is 26.3 Å². The monoisotopic (exact) mass is 200 g/mol. The average Bonchev–Trinajstić information content (AvgIpc) is 2.19. The number of hydrogen-bond donors (Lipinski definition) is 2. The minimum Gasteiger partial charge on any atom is -0.478 e. The van der Waals surface area contributed by atoms with E-state index in [1.54, 1.807) is 13.0 Å². The number of carboxylic acid groups (broad SMARTS) is 1. The van der Waals surface area contributed by atoms with Gasteiger partial charge in [0, 0.05) is 25.2 Å². The zero-order valence-electron chi connectivity index (χ0n) is 8.32. The summed E-state index contributed by atoms with van der Waals surface area (Å²) >= 11 is 0. The first-order chi connectivity index (χ1) is 6.70. The number of morpholine rings is 1. The quantitative estimate of drug-likeness (QED) is 0.618. The molecular weight excluding hydrogens is 184 g/mol. The molecule has 0 aromatic rings. The van der Waals surface area contributed by atoms with Crippen LogP contribution in [-0.4, -0.2) is 48.9 Å². The molecule has 0 aromatic heterocycles. The fourth-order valence-electron chi connectivity index (χ4n) is 1.14. The van der Waals surface area contributed by atoms with Gasteiger partial charge in [-0.05, 0) is 6.92 Å².